The minimum Gasteiger partial charge on any atom is -0.445 e. The molecule has 0 saturated carbocycles. The molecule has 0 aliphatic heterocycles. The number of hydrogen-bond donors (Lipinski definition) is 4. The molecule has 0 radical (unpaired) electrons. The number of aromatic amines is 1. The number of ether oxygens (including phenoxy) is 1. The Labute approximate surface area is 161 Å². The Hall–Kier alpha value is -3.16. The van der Waals surface area contributed by atoms with Crippen LogP contribution in [0.25, 0.3) is 10.9 Å². The number of pyridine rings is 1. The Bertz CT molecular complexity index is 1020. The number of benzene rings is 2. The first kappa shape index (κ1) is 19.6. The van der Waals surface area contributed by atoms with E-state index in [2.05, 4.69) is 10.3 Å². The van der Waals surface area contributed by atoms with Crippen LogP contribution in [0.3, 0.4) is 0 Å². The average Bonchev–Trinajstić information content (AvgIpc) is 2.70. The highest BCUT2D eigenvalue weighted by atomic mass is 16.5. The van der Waals surface area contributed by atoms with E-state index in [0.29, 0.717) is 16.5 Å². The maximum atomic E-state index is 12.1. The van der Waals surface area contributed by atoms with Crippen molar-refractivity contribution in [2.75, 3.05) is 6.54 Å². The molecule has 7 nitrogen and oxygen atoms in total. The number of fused-ring (bicyclic) bond motifs is 1. The van der Waals surface area contributed by atoms with Gasteiger partial charge in [0.2, 0.25) is 0 Å². The van der Waals surface area contributed by atoms with Crippen LogP contribution in [-0.4, -0.2) is 33.9 Å². The number of aliphatic hydroxyl groups excluding tert-OH is 2. The van der Waals surface area contributed by atoms with Crippen molar-refractivity contribution in [1.29, 1.82) is 0 Å². The first-order valence-electron chi connectivity index (χ1n) is 8.88. The maximum Gasteiger partial charge on any atom is 0.407 e. The molecule has 0 bridgehead atoms. The number of aliphatic hydroxyl groups is 2. The minimum absolute atomic E-state index is 0.109. The van der Waals surface area contributed by atoms with Gasteiger partial charge in [-0.3, -0.25) is 4.79 Å². The summed E-state index contributed by atoms with van der Waals surface area (Å²) in [5, 5.41) is 23.4. The molecule has 3 aromatic rings. The van der Waals surface area contributed by atoms with E-state index in [-0.39, 0.29) is 18.6 Å². The van der Waals surface area contributed by atoms with Gasteiger partial charge < -0.3 is 25.3 Å². The zero-order chi connectivity index (χ0) is 20.1. The van der Waals surface area contributed by atoms with Gasteiger partial charge in [-0.25, -0.2) is 4.79 Å². The van der Waals surface area contributed by atoms with E-state index >= 15 is 0 Å². The third-order valence-electron chi connectivity index (χ3n) is 4.36. The average molecular weight is 382 g/mol. The van der Waals surface area contributed by atoms with Crippen molar-refractivity contribution in [2.45, 2.75) is 25.7 Å². The second kappa shape index (κ2) is 8.69. The predicted octanol–water partition coefficient (Wildman–Crippen LogP) is 2.16. The monoisotopic (exact) mass is 382 g/mol. The van der Waals surface area contributed by atoms with Gasteiger partial charge in [0, 0.05) is 29.2 Å². The van der Waals surface area contributed by atoms with E-state index < -0.39 is 18.3 Å². The lowest BCUT2D eigenvalue weighted by Crippen LogP contribution is -2.35. The number of H-pyrrole nitrogens is 1. The van der Waals surface area contributed by atoms with Gasteiger partial charge in [0.25, 0.3) is 0 Å². The molecule has 0 saturated heterocycles. The SMILES string of the molecule is Cc1cc(=O)c2cc(C(O)C(O)CNC(=O)OCc3ccccc3)ccc2[nH]1. The molecule has 0 aliphatic rings. The zero-order valence-corrected chi connectivity index (χ0v) is 15.4. The van der Waals surface area contributed by atoms with Gasteiger partial charge in [-0.15, -0.1) is 0 Å². The number of aryl methyl sites for hydroxylation is 1. The molecular weight excluding hydrogens is 360 g/mol. The van der Waals surface area contributed by atoms with Crippen molar-refractivity contribution in [2.24, 2.45) is 0 Å². The van der Waals surface area contributed by atoms with Gasteiger partial charge in [0.15, 0.2) is 5.43 Å². The lowest BCUT2D eigenvalue weighted by Gasteiger charge is -2.19. The largest absolute Gasteiger partial charge is 0.445 e. The molecule has 3 rings (SSSR count). The fraction of sp³-hybridized carbons (Fsp3) is 0.238. The third kappa shape index (κ3) is 4.76. The zero-order valence-electron chi connectivity index (χ0n) is 15.4. The number of hydrogen-bond acceptors (Lipinski definition) is 5. The highest BCUT2D eigenvalue weighted by Gasteiger charge is 2.20. The van der Waals surface area contributed by atoms with Crippen LogP contribution in [0.4, 0.5) is 4.79 Å². The molecule has 1 heterocycles. The van der Waals surface area contributed by atoms with Gasteiger partial charge >= 0.3 is 6.09 Å². The molecule has 2 aromatic carbocycles. The minimum atomic E-state index is -1.26. The summed E-state index contributed by atoms with van der Waals surface area (Å²) < 4.78 is 5.06. The summed E-state index contributed by atoms with van der Waals surface area (Å²) in [6.07, 6.45) is -3.22. The van der Waals surface area contributed by atoms with Gasteiger partial charge in [-0.05, 0) is 30.2 Å². The molecule has 0 fully saturated rings. The summed E-state index contributed by atoms with van der Waals surface area (Å²) >= 11 is 0. The van der Waals surface area contributed by atoms with Crippen LogP contribution >= 0.6 is 0 Å². The Kier molecular flexibility index (Phi) is 6.08. The molecule has 0 aliphatic carbocycles. The van der Waals surface area contributed by atoms with Crippen LogP contribution in [-0.2, 0) is 11.3 Å². The fourth-order valence-corrected chi connectivity index (χ4v) is 2.88. The van der Waals surface area contributed by atoms with Crippen molar-refractivity contribution in [3.05, 3.63) is 81.6 Å². The second-order valence-electron chi connectivity index (χ2n) is 6.58. The van der Waals surface area contributed by atoms with Gasteiger partial charge in [-0.2, -0.15) is 0 Å². The molecule has 28 heavy (non-hydrogen) atoms. The van der Waals surface area contributed by atoms with Crippen LogP contribution in [0, 0.1) is 6.92 Å². The topological polar surface area (TPSA) is 112 Å². The van der Waals surface area contributed by atoms with E-state index in [1.807, 2.05) is 30.3 Å². The summed E-state index contributed by atoms with van der Waals surface area (Å²) in [4.78, 5) is 26.9. The number of amides is 1. The van der Waals surface area contributed by atoms with Crippen molar-refractivity contribution >= 4 is 17.0 Å². The number of aromatic nitrogens is 1. The van der Waals surface area contributed by atoms with Gasteiger partial charge in [0.1, 0.15) is 18.8 Å². The van der Waals surface area contributed by atoms with Crippen molar-refractivity contribution in [1.82, 2.24) is 10.3 Å². The smallest absolute Gasteiger partial charge is 0.407 e. The standard InChI is InChI=1S/C21H22N2O5/c1-13-9-18(24)16-10-15(7-8-17(16)23-13)20(26)19(25)11-22-21(27)28-12-14-5-3-2-4-6-14/h2-10,19-20,25-26H,11-12H2,1H3,(H,22,27)(H,23,24). The van der Waals surface area contributed by atoms with Gasteiger partial charge in [0.05, 0.1) is 0 Å². The summed E-state index contributed by atoms with van der Waals surface area (Å²) in [7, 11) is 0. The van der Waals surface area contributed by atoms with Crippen LogP contribution in [0.5, 0.6) is 0 Å². The Balaban J connectivity index is 1.58. The summed E-state index contributed by atoms with van der Waals surface area (Å²) in [5.74, 6) is 0. The molecule has 1 aromatic heterocycles. The van der Waals surface area contributed by atoms with E-state index in [9.17, 15) is 19.8 Å². The fourth-order valence-electron chi connectivity index (χ4n) is 2.88. The molecule has 4 N–H and O–H groups in total. The normalized spacial score (nSPS) is 13.1. The lowest BCUT2D eigenvalue weighted by atomic mass is 10.0. The number of carbonyl (C=O) groups excluding carboxylic acids is 1. The van der Waals surface area contributed by atoms with Crippen molar-refractivity contribution < 1.29 is 19.7 Å². The Morgan fingerprint density at radius 3 is 2.64 bits per heavy atom. The molecule has 2 unspecified atom stereocenters. The van der Waals surface area contributed by atoms with E-state index in [4.69, 9.17) is 4.74 Å². The quantitative estimate of drug-likeness (QED) is 0.522. The van der Waals surface area contributed by atoms with Crippen LogP contribution in [0.2, 0.25) is 0 Å². The summed E-state index contributed by atoms with van der Waals surface area (Å²) in [5.41, 5.74) is 2.45. The summed E-state index contributed by atoms with van der Waals surface area (Å²) in [6, 6.07) is 15.5. The number of carbonyl (C=O) groups is 1. The maximum absolute atomic E-state index is 12.1. The molecule has 7 heteroatoms. The van der Waals surface area contributed by atoms with Gasteiger partial charge in [-0.1, -0.05) is 36.4 Å². The van der Waals surface area contributed by atoms with Crippen molar-refractivity contribution in [3.63, 3.8) is 0 Å². The van der Waals surface area contributed by atoms with Crippen LogP contribution in [0.15, 0.2) is 59.4 Å². The first-order chi connectivity index (χ1) is 13.4. The first-order valence-corrected chi connectivity index (χ1v) is 8.88. The summed E-state index contributed by atoms with van der Waals surface area (Å²) in [6.45, 7) is 1.70. The third-order valence-corrected chi connectivity index (χ3v) is 4.36. The molecule has 1 amide bonds. The molecule has 2 atom stereocenters. The number of nitrogens with one attached hydrogen (secondary N) is 2. The van der Waals surface area contributed by atoms with Crippen LogP contribution in [0.1, 0.15) is 22.9 Å². The molecule has 0 spiro atoms. The lowest BCUT2D eigenvalue weighted by molar-refractivity contribution is 0.0185. The second-order valence-corrected chi connectivity index (χ2v) is 6.58. The number of rotatable bonds is 6. The highest BCUT2D eigenvalue weighted by Crippen LogP contribution is 2.20. The Morgan fingerprint density at radius 2 is 1.89 bits per heavy atom. The predicted molar refractivity (Wildman–Crippen MR) is 105 cm³/mol. The molecular formula is C21H22N2O5. The van der Waals surface area contributed by atoms with Crippen molar-refractivity contribution in [3.8, 4) is 0 Å². The van der Waals surface area contributed by atoms with E-state index in [1.165, 1.54) is 12.1 Å². The van der Waals surface area contributed by atoms with Crippen LogP contribution < -0.4 is 10.7 Å². The van der Waals surface area contributed by atoms with E-state index in [0.717, 1.165) is 11.3 Å². The van der Waals surface area contributed by atoms with E-state index in [1.54, 1.807) is 19.1 Å². The molecule has 146 valence electrons. The highest BCUT2D eigenvalue weighted by molar-refractivity contribution is 5.79. The number of alkyl carbamates (subject to hydrolysis) is 1. The Morgan fingerprint density at radius 1 is 1.14 bits per heavy atom.